The average Bonchev–Trinajstić information content (AvgIpc) is 2.75. The predicted molar refractivity (Wildman–Crippen MR) is 92.7 cm³/mol. The molecule has 2 aromatic rings. The topological polar surface area (TPSA) is 34.1 Å². The number of rotatable bonds is 3. The molecule has 0 saturated carbocycles. The minimum atomic E-state index is 0. The molecule has 5 heteroatoms. The molecule has 21 heavy (non-hydrogen) atoms. The van der Waals surface area contributed by atoms with Crippen LogP contribution in [0.5, 0.6) is 5.75 Å². The number of thiazole rings is 1. The van der Waals surface area contributed by atoms with Crippen molar-refractivity contribution in [1.29, 1.82) is 0 Å². The van der Waals surface area contributed by atoms with Gasteiger partial charge in [-0.15, -0.1) is 12.4 Å². The number of hydrogen-bond donors (Lipinski definition) is 1. The maximum Gasteiger partial charge on any atom is 0.119 e. The normalized spacial score (nSPS) is 14.0. The lowest BCUT2D eigenvalue weighted by Gasteiger charge is -1.99. The zero-order valence-corrected chi connectivity index (χ0v) is 13.6. The van der Waals surface area contributed by atoms with Crippen LogP contribution in [0.25, 0.3) is 12.2 Å². The summed E-state index contributed by atoms with van der Waals surface area (Å²) in [5.41, 5.74) is 2.35. The van der Waals surface area contributed by atoms with Gasteiger partial charge in [-0.3, -0.25) is 0 Å². The minimum Gasteiger partial charge on any atom is -0.497 e. The van der Waals surface area contributed by atoms with Crippen LogP contribution in [0.1, 0.15) is 29.1 Å². The summed E-state index contributed by atoms with van der Waals surface area (Å²) >= 11 is 1.74. The van der Waals surface area contributed by atoms with Crippen molar-refractivity contribution in [3.05, 3.63) is 40.5 Å². The Morgan fingerprint density at radius 2 is 2.19 bits per heavy atom. The summed E-state index contributed by atoms with van der Waals surface area (Å²) in [5, 5.41) is 5.77. The van der Waals surface area contributed by atoms with Crippen LogP contribution in [0, 0.1) is 0 Å². The molecule has 0 unspecified atom stereocenters. The summed E-state index contributed by atoms with van der Waals surface area (Å²) in [4.78, 5) is 4.71. The highest BCUT2D eigenvalue weighted by Crippen LogP contribution is 2.29. The van der Waals surface area contributed by atoms with E-state index in [1.807, 2.05) is 18.2 Å². The highest BCUT2D eigenvalue weighted by molar-refractivity contribution is 7.16. The van der Waals surface area contributed by atoms with Crippen molar-refractivity contribution >= 4 is 40.9 Å². The Kier molecular flexibility index (Phi) is 5.65. The van der Waals surface area contributed by atoms with Crippen molar-refractivity contribution in [2.45, 2.75) is 19.3 Å². The van der Waals surface area contributed by atoms with E-state index in [0.29, 0.717) is 0 Å². The smallest absolute Gasteiger partial charge is 0.119 e. The number of nitrogens with one attached hydrogen (secondary N) is 1. The third-order valence-electron chi connectivity index (χ3n) is 3.35. The molecular weight excluding hydrogens is 304 g/mol. The number of ether oxygens (including phenoxy) is 1. The van der Waals surface area contributed by atoms with E-state index < -0.39 is 0 Å². The van der Waals surface area contributed by atoms with Crippen molar-refractivity contribution < 1.29 is 4.74 Å². The quantitative estimate of drug-likeness (QED) is 0.904. The molecule has 1 aliphatic rings. The van der Waals surface area contributed by atoms with Gasteiger partial charge in [0.2, 0.25) is 0 Å². The van der Waals surface area contributed by atoms with Gasteiger partial charge in [-0.25, -0.2) is 4.98 Å². The molecule has 0 bridgehead atoms. The van der Waals surface area contributed by atoms with Crippen LogP contribution >= 0.6 is 23.7 Å². The van der Waals surface area contributed by atoms with Crippen LogP contribution in [-0.4, -0.2) is 18.6 Å². The van der Waals surface area contributed by atoms with Crippen molar-refractivity contribution in [2.24, 2.45) is 0 Å². The second-order valence-corrected chi connectivity index (χ2v) is 5.85. The van der Waals surface area contributed by atoms with Crippen LogP contribution in [-0.2, 0) is 6.42 Å². The monoisotopic (exact) mass is 322 g/mol. The summed E-state index contributed by atoms with van der Waals surface area (Å²) in [6.07, 6.45) is 7.71. The van der Waals surface area contributed by atoms with Gasteiger partial charge in [0.05, 0.1) is 12.8 Å². The van der Waals surface area contributed by atoms with Crippen molar-refractivity contribution in [1.82, 2.24) is 4.98 Å². The summed E-state index contributed by atoms with van der Waals surface area (Å²) in [5.74, 6) is 0.878. The lowest BCUT2D eigenvalue weighted by Crippen LogP contribution is -1.96. The maximum atomic E-state index is 5.23. The zero-order chi connectivity index (χ0) is 13.8. The largest absolute Gasteiger partial charge is 0.497 e. The molecule has 0 fully saturated rings. The van der Waals surface area contributed by atoms with E-state index in [9.17, 15) is 0 Å². The molecule has 1 aromatic carbocycles. The Hall–Kier alpha value is -1.52. The summed E-state index contributed by atoms with van der Waals surface area (Å²) in [7, 11) is 1.69. The fourth-order valence-corrected chi connectivity index (χ4v) is 3.22. The van der Waals surface area contributed by atoms with Crippen LogP contribution in [0.2, 0.25) is 0 Å². The van der Waals surface area contributed by atoms with E-state index in [1.54, 1.807) is 18.4 Å². The van der Waals surface area contributed by atoms with Crippen LogP contribution in [0.4, 0.5) is 5.00 Å². The van der Waals surface area contributed by atoms with Gasteiger partial charge in [-0.1, -0.05) is 29.5 Å². The van der Waals surface area contributed by atoms with Gasteiger partial charge in [0, 0.05) is 6.54 Å². The van der Waals surface area contributed by atoms with Crippen LogP contribution in [0.3, 0.4) is 0 Å². The van der Waals surface area contributed by atoms with Crippen molar-refractivity contribution in [2.75, 3.05) is 19.0 Å². The molecule has 0 aliphatic carbocycles. The average molecular weight is 323 g/mol. The predicted octanol–water partition coefficient (Wildman–Crippen LogP) is 4.49. The molecule has 112 valence electrons. The van der Waals surface area contributed by atoms with Crippen molar-refractivity contribution in [3.63, 3.8) is 0 Å². The molecule has 0 radical (unpaired) electrons. The first-order valence-corrected chi connectivity index (χ1v) is 7.72. The minimum absolute atomic E-state index is 0. The molecule has 0 saturated heterocycles. The molecule has 0 spiro atoms. The highest BCUT2D eigenvalue weighted by atomic mass is 35.5. The Balaban J connectivity index is 0.00000161. The summed E-state index contributed by atoms with van der Waals surface area (Å²) in [6.45, 7) is 1.06. The van der Waals surface area contributed by atoms with Gasteiger partial charge in [0.1, 0.15) is 15.8 Å². The van der Waals surface area contributed by atoms with E-state index in [2.05, 4.69) is 23.5 Å². The van der Waals surface area contributed by atoms with Crippen LogP contribution in [0.15, 0.2) is 24.3 Å². The third kappa shape index (κ3) is 3.99. The number of aromatic nitrogens is 1. The number of nitrogens with zero attached hydrogens (tertiary/aromatic N) is 1. The van der Waals surface area contributed by atoms with Gasteiger partial charge < -0.3 is 10.1 Å². The lowest BCUT2D eigenvalue weighted by molar-refractivity contribution is 0.414. The van der Waals surface area contributed by atoms with E-state index in [4.69, 9.17) is 9.72 Å². The Morgan fingerprint density at radius 1 is 1.29 bits per heavy atom. The van der Waals surface area contributed by atoms with Gasteiger partial charge >= 0.3 is 0 Å². The summed E-state index contributed by atoms with van der Waals surface area (Å²) < 4.78 is 5.23. The molecule has 2 heterocycles. The lowest BCUT2D eigenvalue weighted by atomic mass is 10.2. The molecule has 1 aromatic heterocycles. The number of fused-ring (bicyclic) bond motifs is 1. The van der Waals surface area contributed by atoms with Gasteiger partial charge in [0.15, 0.2) is 0 Å². The van der Waals surface area contributed by atoms with Crippen LogP contribution < -0.4 is 10.1 Å². The molecule has 1 N–H and O–H groups in total. The number of halogens is 1. The first kappa shape index (κ1) is 15.9. The van der Waals surface area contributed by atoms with E-state index >= 15 is 0 Å². The van der Waals surface area contributed by atoms with E-state index in [0.717, 1.165) is 29.3 Å². The zero-order valence-electron chi connectivity index (χ0n) is 12.0. The second kappa shape index (κ2) is 7.48. The highest BCUT2D eigenvalue weighted by Gasteiger charge is 2.12. The second-order valence-electron chi connectivity index (χ2n) is 4.82. The number of hydrogen-bond acceptors (Lipinski definition) is 4. The number of anilines is 1. The molecule has 3 rings (SSSR count). The Bertz CT molecular complexity index is 601. The molecule has 0 amide bonds. The third-order valence-corrected chi connectivity index (χ3v) is 4.37. The number of aryl methyl sites for hydroxylation is 1. The van der Waals surface area contributed by atoms with Crippen molar-refractivity contribution in [3.8, 4) is 5.75 Å². The van der Waals surface area contributed by atoms with E-state index in [1.165, 1.54) is 23.5 Å². The van der Waals surface area contributed by atoms with Gasteiger partial charge in [-0.2, -0.15) is 0 Å². The van der Waals surface area contributed by atoms with Gasteiger partial charge in [-0.05, 0) is 43.0 Å². The first-order chi connectivity index (χ1) is 9.85. The molecule has 0 atom stereocenters. The molecular formula is C16H19ClN2OS. The standard InChI is InChI=1S/C16H18N2OS.ClH/c1-19-13-6-4-5-12(11-13)8-9-15-18-14-7-2-3-10-17-16(14)20-15;/h4-6,8-9,11,17H,2-3,7,10H2,1H3;1H/b9-8+;. The molecule has 3 nitrogen and oxygen atoms in total. The summed E-state index contributed by atoms with van der Waals surface area (Å²) in [6, 6.07) is 8.03. The molecule has 1 aliphatic heterocycles. The number of benzene rings is 1. The fourth-order valence-electron chi connectivity index (χ4n) is 2.28. The van der Waals surface area contributed by atoms with Gasteiger partial charge in [0.25, 0.3) is 0 Å². The SMILES string of the molecule is COc1cccc(/C=C/c2nc3c(s2)NCCCC3)c1.Cl. The van der Waals surface area contributed by atoms with E-state index in [-0.39, 0.29) is 12.4 Å². The Labute approximate surface area is 135 Å². The first-order valence-electron chi connectivity index (χ1n) is 6.91. The number of methoxy groups -OCH3 is 1. The fraction of sp³-hybridized carbons (Fsp3) is 0.312. The maximum absolute atomic E-state index is 5.23. The Morgan fingerprint density at radius 3 is 3.05 bits per heavy atom.